The zero-order chi connectivity index (χ0) is 17.0. The molecule has 0 spiro atoms. The molecule has 2 N–H and O–H groups in total. The molecule has 1 heterocycles. The first-order valence-corrected chi connectivity index (χ1v) is 8.27. The fraction of sp³-hybridized carbons (Fsp3) is 0.529. The third-order valence-corrected chi connectivity index (χ3v) is 4.87. The van der Waals surface area contributed by atoms with Crippen LogP contribution >= 0.6 is 0 Å². The summed E-state index contributed by atoms with van der Waals surface area (Å²) in [5.74, 6) is -2.16. The molecule has 1 aliphatic carbocycles. The fourth-order valence-electron chi connectivity index (χ4n) is 3.29. The first kappa shape index (κ1) is 16.9. The average Bonchev–Trinajstić information content (AvgIpc) is 2.56. The van der Waals surface area contributed by atoms with Gasteiger partial charge in [-0.05, 0) is 31.4 Å². The predicted octanol–water partition coefficient (Wildman–Crippen LogP) is 1.14. The number of halogens is 1. The number of amides is 2. The van der Waals surface area contributed by atoms with E-state index < -0.39 is 17.6 Å². The van der Waals surface area contributed by atoms with Crippen LogP contribution in [0.1, 0.15) is 19.3 Å². The van der Waals surface area contributed by atoms with Gasteiger partial charge in [-0.3, -0.25) is 14.5 Å². The second-order valence-electron chi connectivity index (χ2n) is 6.29. The van der Waals surface area contributed by atoms with Crippen molar-refractivity contribution in [1.82, 2.24) is 10.2 Å². The van der Waals surface area contributed by atoms with E-state index in [-0.39, 0.29) is 11.2 Å². The third-order valence-electron chi connectivity index (χ3n) is 4.87. The normalized spacial score (nSPS) is 20.0. The first-order chi connectivity index (χ1) is 11.6. The van der Waals surface area contributed by atoms with Crippen molar-refractivity contribution in [3.05, 3.63) is 30.1 Å². The first-order valence-electron chi connectivity index (χ1n) is 8.27. The maximum atomic E-state index is 13.5. The maximum Gasteiger partial charge on any atom is 0.313 e. The number of nitrogens with one attached hydrogen (secondary N) is 2. The van der Waals surface area contributed by atoms with Gasteiger partial charge in [-0.2, -0.15) is 0 Å². The van der Waals surface area contributed by atoms with Gasteiger partial charge in [0, 0.05) is 25.2 Å². The van der Waals surface area contributed by atoms with E-state index in [1.165, 1.54) is 18.2 Å². The molecule has 24 heavy (non-hydrogen) atoms. The van der Waals surface area contributed by atoms with Crippen LogP contribution in [0.5, 0.6) is 0 Å². The minimum Gasteiger partial charge on any atom is -0.379 e. The van der Waals surface area contributed by atoms with E-state index in [4.69, 9.17) is 4.74 Å². The Labute approximate surface area is 140 Å². The molecule has 1 aliphatic heterocycles. The van der Waals surface area contributed by atoms with E-state index in [9.17, 15) is 14.0 Å². The molecule has 6 nitrogen and oxygen atoms in total. The Morgan fingerprint density at radius 1 is 1.17 bits per heavy atom. The minimum atomic E-state index is -0.850. The Balaban J connectivity index is 1.54. The smallest absolute Gasteiger partial charge is 0.313 e. The summed E-state index contributed by atoms with van der Waals surface area (Å²) in [7, 11) is 0. The van der Waals surface area contributed by atoms with Crippen molar-refractivity contribution in [2.75, 3.05) is 38.2 Å². The number of ether oxygens (including phenoxy) is 1. The fourth-order valence-corrected chi connectivity index (χ4v) is 3.29. The molecular weight excluding hydrogens is 313 g/mol. The Hall–Kier alpha value is -1.99. The van der Waals surface area contributed by atoms with Gasteiger partial charge in [0.2, 0.25) is 0 Å². The molecule has 2 aliphatic rings. The lowest BCUT2D eigenvalue weighted by Crippen LogP contribution is -2.63. The largest absolute Gasteiger partial charge is 0.379 e. The van der Waals surface area contributed by atoms with Crippen molar-refractivity contribution in [1.29, 1.82) is 0 Å². The van der Waals surface area contributed by atoms with Crippen molar-refractivity contribution in [3.63, 3.8) is 0 Å². The van der Waals surface area contributed by atoms with Crippen LogP contribution in [0.15, 0.2) is 24.3 Å². The van der Waals surface area contributed by atoms with Gasteiger partial charge in [0.15, 0.2) is 0 Å². The molecular formula is C17H22FN3O3. The minimum absolute atomic E-state index is 0.00388. The highest BCUT2D eigenvalue weighted by atomic mass is 19.1. The highest BCUT2D eigenvalue weighted by Crippen LogP contribution is 2.37. The van der Waals surface area contributed by atoms with Gasteiger partial charge in [0.25, 0.3) is 0 Å². The van der Waals surface area contributed by atoms with Crippen LogP contribution in [-0.4, -0.2) is 55.1 Å². The predicted molar refractivity (Wildman–Crippen MR) is 87.0 cm³/mol. The van der Waals surface area contributed by atoms with E-state index >= 15 is 0 Å². The highest BCUT2D eigenvalue weighted by molar-refractivity contribution is 6.39. The van der Waals surface area contributed by atoms with Crippen LogP contribution in [0, 0.1) is 5.82 Å². The summed E-state index contributed by atoms with van der Waals surface area (Å²) in [4.78, 5) is 26.3. The standard InChI is InChI=1S/C17H22FN3O3/c18-13-4-1-2-5-14(13)20-16(23)15(22)19-12-17(6-3-7-17)21-8-10-24-11-9-21/h1-2,4-5H,3,6-12H2,(H,19,22)(H,20,23). The molecule has 1 saturated carbocycles. The monoisotopic (exact) mass is 335 g/mol. The molecule has 0 unspecified atom stereocenters. The SMILES string of the molecule is O=C(NCC1(N2CCOCC2)CCC1)C(=O)Nc1ccccc1F. The molecule has 1 aromatic carbocycles. The van der Waals surface area contributed by atoms with Crippen LogP contribution in [0.25, 0.3) is 0 Å². The number of carbonyl (C=O) groups is 2. The van der Waals surface area contributed by atoms with Crippen molar-refractivity contribution in [2.24, 2.45) is 0 Å². The van der Waals surface area contributed by atoms with E-state index in [2.05, 4.69) is 15.5 Å². The number of rotatable bonds is 4. The molecule has 2 amide bonds. The Morgan fingerprint density at radius 3 is 2.50 bits per heavy atom. The number of benzene rings is 1. The van der Waals surface area contributed by atoms with Crippen LogP contribution in [-0.2, 0) is 14.3 Å². The lowest BCUT2D eigenvalue weighted by molar-refractivity contribution is -0.137. The summed E-state index contributed by atoms with van der Waals surface area (Å²) in [6.45, 7) is 3.51. The van der Waals surface area contributed by atoms with E-state index in [0.29, 0.717) is 19.8 Å². The number of para-hydroxylation sites is 1. The molecule has 7 heteroatoms. The van der Waals surface area contributed by atoms with Gasteiger partial charge in [0.05, 0.1) is 18.9 Å². The van der Waals surface area contributed by atoms with Gasteiger partial charge in [-0.1, -0.05) is 12.1 Å². The summed E-state index contributed by atoms with van der Waals surface area (Å²) in [6, 6.07) is 5.77. The Bertz CT molecular complexity index is 613. The van der Waals surface area contributed by atoms with E-state index in [1.807, 2.05) is 0 Å². The summed E-state index contributed by atoms with van der Waals surface area (Å²) in [6.07, 6.45) is 3.12. The molecule has 130 valence electrons. The molecule has 0 radical (unpaired) electrons. The number of carbonyl (C=O) groups excluding carboxylic acids is 2. The number of hydrogen-bond acceptors (Lipinski definition) is 4. The van der Waals surface area contributed by atoms with Gasteiger partial charge in [-0.25, -0.2) is 4.39 Å². The van der Waals surface area contributed by atoms with Gasteiger partial charge in [0.1, 0.15) is 5.82 Å². The summed E-state index contributed by atoms with van der Waals surface area (Å²) < 4.78 is 18.9. The van der Waals surface area contributed by atoms with Crippen LogP contribution in [0.4, 0.5) is 10.1 Å². The molecule has 1 aromatic rings. The second-order valence-corrected chi connectivity index (χ2v) is 6.29. The topological polar surface area (TPSA) is 70.7 Å². The third kappa shape index (κ3) is 3.57. The van der Waals surface area contributed by atoms with Crippen LogP contribution in [0.3, 0.4) is 0 Å². The summed E-state index contributed by atoms with van der Waals surface area (Å²) in [5.41, 5.74) is -0.0678. The van der Waals surface area contributed by atoms with Gasteiger partial charge in [-0.15, -0.1) is 0 Å². The number of hydrogen-bond donors (Lipinski definition) is 2. The lowest BCUT2D eigenvalue weighted by atomic mass is 9.75. The van der Waals surface area contributed by atoms with Crippen molar-refractivity contribution in [3.8, 4) is 0 Å². The second kappa shape index (κ2) is 7.27. The van der Waals surface area contributed by atoms with Crippen molar-refractivity contribution < 1.29 is 18.7 Å². The molecule has 3 rings (SSSR count). The molecule has 0 aromatic heterocycles. The van der Waals surface area contributed by atoms with Crippen LogP contribution in [0.2, 0.25) is 0 Å². The zero-order valence-electron chi connectivity index (χ0n) is 13.5. The lowest BCUT2D eigenvalue weighted by Gasteiger charge is -2.51. The molecule has 2 fully saturated rings. The van der Waals surface area contributed by atoms with E-state index in [0.717, 1.165) is 32.4 Å². The number of anilines is 1. The number of nitrogens with zero attached hydrogens (tertiary/aromatic N) is 1. The van der Waals surface area contributed by atoms with E-state index in [1.54, 1.807) is 6.07 Å². The maximum absolute atomic E-state index is 13.5. The average molecular weight is 335 g/mol. The van der Waals surface area contributed by atoms with Crippen molar-refractivity contribution >= 4 is 17.5 Å². The Morgan fingerprint density at radius 2 is 1.88 bits per heavy atom. The van der Waals surface area contributed by atoms with Crippen LogP contribution < -0.4 is 10.6 Å². The van der Waals surface area contributed by atoms with Crippen molar-refractivity contribution in [2.45, 2.75) is 24.8 Å². The Kier molecular flexibility index (Phi) is 5.11. The molecule has 0 bridgehead atoms. The quantitative estimate of drug-likeness (QED) is 0.810. The molecule has 1 saturated heterocycles. The number of morpholine rings is 1. The summed E-state index contributed by atoms with van der Waals surface area (Å²) in [5, 5.41) is 5.01. The highest BCUT2D eigenvalue weighted by Gasteiger charge is 2.43. The zero-order valence-corrected chi connectivity index (χ0v) is 13.5. The van der Waals surface area contributed by atoms with Gasteiger partial charge < -0.3 is 15.4 Å². The molecule has 0 atom stereocenters. The van der Waals surface area contributed by atoms with Gasteiger partial charge >= 0.3 is 11.8 Å². The summed E-state index contributed by atoms with van der Waals surface area (Å²) >= 11 is 0.